The van der Waals surface area contributed by atoms with Gasteiger partial charge in [0, 0.05) is 51.5 Å². The van der Waals surface area contributed by atoms with Crippen molar-refractivity contribution in [1.82, 2.24) is 10.2 Å². The van der Waals surface area contributed by atoms with Gasteiger partial charge in [0.05, 0.1) is 5.60 Å². The van der Waals surface area contributed by atoms with E-state index in [9.17, 15) is 0 Å². The molecule has 3 aliphatic heterocycles. The highest BCUT2D eigenvalue weighted by Crippen LogP contribution is 2.36. The lowest BCUT2D eigenvalue weighted by molar-refractivity contribution is -0.152. The van der Waals surface area contributed by atoms with Crippen molar-refractivity contribution in [2.24, 2.45) is 0 Å². The lowest BCUT2D eigenvalue weighted by Gasteiger charge is -2.48. The molecule has 0 aromatic heterocycles. The molecule has 104 valence electrons. The summed E-state index contributed by atoms with van der Waals surface area (Å²) in [6.07, 6.45) is 4.59. The van der Waals surface area contributed by atoms with E-state index in [1.54, 1.807) is 0 Å². The van der Waals surface area contributed by atoms with Crippen molar-refractivity contribution in [3.8, 4) is 0 Å². The van der Waals surface area contributed by atoms with Gasteiger partial charge in [-0.15, -0.1) is 0 Å². The van der Waals surface area contributed by atoms with Gasteiger partial charge in [-0.1, -0.05) is 0 Å². The Balaban J connectivity index is 1.62. The predicted molar refractivity (Wildman–Crippen MR) is 70.8 cm³/mol. The average Bonchev–Trinajstić information content (AvgIpc) is 2.40. The molecule has 3 fully saturated rings. The molecular formula is C14H26N2O2. The first-order chi connectivity index (χ1) is 8.77. The summed E-state index contributed by atoms with van der Waals surface area (Å²) in [6, 6.07) is 1.36. The van der Waals surface area contributed by atoms with Crippen LogP contribution >= 0.6 is 0 Å². The molecule has 0 aliphatic carbocycles. The second-order valence-corrected chi connectivity index (χ2v) is 6.14. The molecule has 4 heteroatoms. The monoisotopic (exact) mass is 254 g/mol. The van der Waals surface area contributed by atoms with E-state index in [2.05, 4.69) is 17.1 Å². The molecule has 3 heterocycles. The van der Waals surface area contributed by atoms with Crippen LogP contribution in [0.4, 0.5) is 0 Å². The van der Waals surface area contributed by atoms with Crippen LogP contribution in [0.3, 0.4) is 0 Å². The van der Waals surface area contributed by atoms with Gasteiger partial charge in [-0.2, -0.15) is 0 Å². The standard InChI is InChI=1S/C14H26N2O2/c1-12-11-16(6-5-15-12)13-2-7-18-14(10-13)3-8-17-9-4-14/h12-13,15H,2-11H2,1H3/t12-,13?/m0/s1. The summed E-state index contributed by atoms with van der Waals surface area (Å²) in [5, 5.41) is 3.53. The minimum Gasteiger partial charge on any atom is -0.381 e. The molecule has 0 bridgehead atoms. The van der Waals surface area contributed by atoms with Crippen LogP contribution in [0.25, 0.3) is 0 Å². The Labute approximate surface area is 110 Å². The molecule has 0 aromatic rings. The highest BCUT2D eigenvalue weighted by atomic mass is 16.5. The van der Waals surface area contributed by atoms with Gasteiger partial charge in [0.1, 0.15) is 0 Å². The molecule has 0 radical (unpaired) electrons. The Morgan fingerprint density at radius 3 is 2.83 bits per heavy atom. The first-order valence-electron chi connectivity index (χ1n) is 7.47. The molecular weight excluding hydrogens is 228 g/mol. The van der Waals surface area contributed by atoms with Crippen molar-refractivity contribution in [1.29, 1.82) is 0 Å². The Bertz CT molecular complexity index is 273. The molecule has 0 saturated carbocycles. The maximum Gasteiger partial charge on any atom is 0.0741 e. The van der Waals surface area contributed by atoms with Gasteiger partial charge in [0.25, 0.3) is 0 Å². The smallest absolute Gasteiger partial charge is 0.0741 e. The van der Waals surface area contributed by atoms with E-state index in [-0.39, 0.29) is 5.60 Å². The lowest BCUT2D eigenvalue weighted by Crippen LogP contribution is -2.57. The van der Waals surface area contributed by atoms with Crippen LogP contribution in [-0.2, 0) is 9.47 Å². The Hall–Kier alpha value is -0.160. The minimum absolute atomic E-state index is 0.134. The normalized spacial score (nSPS) is 37.8. The fourth-order valence-electron chi connectivity index (χ4n) is 3.70. The maximum absolute atomic E-state index is 6.13. The third kappa shape index (κ3) is 2.72. The van der Waals surface area contributed by atoms with Crippen molar-refractivity contribution >= 4 is 0 Å². The van der Waals surface area contributed by atoms with Gasteiger partial charge in [-0.25, -0.2) is 0 Å². The third-order valence-electron chi connectivity index (χ3n) is 4.79. The van der Waals surface area contributed by atoms with Crippen LogP contribution in [0.2, 0.25) is 0 Å². The maximum atomic E-state index is 6.13. The number of hydrogen-bond acceptors (Lipinski definition) is 4. The first kappa shape index (κ1) is 12.9. The van der Waals surface area contributed by atoms with Crippen LogP contribution in [0.5, 0.6) is 0 Å². The zero-order chi connectivity index (χ0) is 12.4. The summed E-state index contributed by atoms with van der Waals surface area (Å²) in [5.74, 6) is 0. The van der Waals surface area contributed by atoms with Gasteiger partial charge >= 0.3 is 0 Å². The summed E-state index contributed by atoms with van der Waals surface area (Å²) in [7, 11) is 0. The molecule has 1 N–H and O–H groups in total. The van der Waals surface area contributed by atoms with Crippen molar-refractivity contribution in [3.63, 3.8) is 0 Å². The molecule has 1 unspecified atom stereocenters. The number of rotatable bonds is 1. The topological polar surface area (TPSA) is 33.7 Å². The van der Waals surface area contributed by atoms with Crippen molar-refractivity contribution in [3.05, 3.63) is 0 Å². The number of piperazine rings is 1. The summed E-state index contributed by atoms with van der Waals surface area (Å²) < 4.78 is 11.6. The van der Waals surface area contributed by atoms with Crippen LogP contribution in [0.15, 0.2) is 0 Å². The molecule has 2 atom stereocenters. The van der Waals surface area contributed by atoms with E-state index in [0.717, 1.165) is 45.2 Å². The highest BCUT2D eigenvalue weighted by Gasteiger charge is 2.41. The zero-order valence-electron chi connectivity index (χ0n) is 11.5. The summed E-state index contributed by atoms with van der Waals surface area (Å²) >= 11 is 0. The zero-order valence-corrected chi connectivity index (χ0v) is 11.5. The van der Waals surface area contributed by atoms with Gasteiger partial charge in [-0.05, 0) is 32.6 Å². The molecule has 0 amide bonds. The Morgan fingerprint density at radius 2 is 2.06 bits per heavy atom. The van der Waals surface area contributed by atoms with Crippen LogP contribution in [0, 0.1) is 0 Å². The molecule has 3 rings (SSSR count). The molecule has 3 aliphatic rings. The Kier molecular flexibility index (Phi) is 3.89. The summed E-state index contributed by atoms with van der Waals surface area (Å²) in [6.45, 7) is 8.50. The second kappa shape index (κ2) is 5.45. The van der Waals surface area contributed by atoms with Crippen molar-refractivity contribution < 1.29 is 9.47 Å². The van der Waals surface area contributed by atoms with Crippen molar-refractivity contribution in [2.45, 2.75) is 50.3 Å². The molecule has 4 nitrogen and oxygen atoms in total. The first-order valence-corrected chi connectivity index (χ1v) is 7.47. The van der Waals surface area contributed by atoms with E-state index in [1.165, 1.54) is 25.9 Å². The van der Waals surface area contributed by atoms with E-state index in [1.807, 2.05) is 0 Å². The largest absolute Gasteiger partial charge is 0.381 e. The molecule has 1 spiro atoms. The molecule has 0 aromatic carbocycles. The predicted octanol–water partition coefficient (Wildman–Crippen LogP) is 1.01. The van der Waals surface area contributed by atoms with E-state index < -0.39 is 0 Å². The van der Waals surface area contributed by atoms with Gasteiger partial charge in [-0.3, -0.25) is 4.90 Å². The van der Waals surface area contributed by atoms with Gasteiger partial charge in [0.15, 0.2) is 0 Å². The number of ether oxygens (including phenoxy) is 2. The van der Waals surface area contributed by atoms with Crippen molar-refractivity contribution in [2.75, 3.05) is 39.5 Å². The average molecular weight is 254 g/mol. The van der Waals surface area contributed by atoms with Gasteiger partial charge in [0.2, 0.25) is 0 Å². The van der Waals surface area contributed by atoms with E-state index in [0.29, 0.717) is 6.04 Å². The van der Waals surface area contributed by atoms with E-state index >= 15 is 0 Å². The summed E-state index contributed by atoms with van der Waals surface area (Å²) in [5.41, 5.74) is 0.134. The Morgan fingerprint density at radius 1 is 1.22 bits per heavy atom. The number of hydrogen-bond donors (Lipinski definition) is 1. The molecule has 3 saturated heterocycles. The fourth-order valence-corrected chi connectivity index (χ4v) is 3.70. The third-order valence-corrected chi connectivity index (χ3v) is 4.79. The summed E-state index contributed by atoms with van der Waals surface area (Å²) in [4.78, 5) is 2.68. The minimum atomic E-state index is 0.134. The highest BCUT2D eigenvalue weighted by molar-refractivity contribution is 4.94. The van der Waals surface area contributed by atoms with Crippen LogP contribution < -0.4 is 5.32 Å². The second-order valence-electron chi connectivity index (χ2n) is 6.14. The quantitative estimate of drug-likeness (QED) is 0.757. The van der Waals surface area contributed by atoms with Crippen LogP contribution in [-0.4, -0.2) is 62.0 Å². The van der Waals surface area contributed by atoms with E-state index in [4.69, 9.17) is 9.47 Å². The fraction of sp³-hybridized carbons (Fsp3) is 1.00. The number of nitrogens with zero attached hydrogens (tertiary/aromatic N) is 1. The van der Waals surface area contributed by atoms with Gasteiger partial charge < -0.3 is 14.8 Å². The molecule has 18 heavy (non-hydrogen) atoms. The lowest BCUT2D eigenvalue weighted by atomic mass is 9.83. The van der Waals surface area contributed by atoms with Crippen LogP contribution in [0.1, 0.15) is 32.6 Å². The SMILES string of the molecule is C[C@H]1CN(C2CCOC3(CCOCC3)C2)CCN1. The number of nitrogens with one attached hydrogen (secondary N) is 1.